The van der Waals surface area contributed by atoms with Crippen molar-refractivity contribution in [1.82, 2.24) is 24.9 Å². The first kappa shape index (κ1) is 32.4. The molecule has 7 aromatic rings. The van der Waals surface area contributed by atoms with Gasteiger partial charge in [-0.15, -0.1) is 28.8 Å². The molecule has 9 rings (SSSR count). The van der Waals surface area contributed by atoms with E-state index in [1.807, 2.05) is 42.6 Å². The van der Waals surface area contributed by atoms with Crippen LogP contribution in [0.25, 0.3) is 33.9 Å². The molecular weight excluding hydrogens is 806 g/mol. The van der Waals surface area contributed by atoms with Gasteiger partial charge in [0.25, 0.3) is 0 Å². The van der Waals surface area contributed by atoms with Gasteiger partial charge in [0.15, 0.2) is 5.82 Å². The monoisotopic (exact) mass is 838 g/mol. The molecule has 4 aromatic carbocycles. The summed E-state index contributed by atoms with van der Waals surface area (Å²) in [6, 6.07) is 37.3. The summed E-state index contributed by atoms with van der Waals surface area (Å²) in [6.07, 6.45) is 5.23. The maximum atomic E-state index is 6.80. The molecule has 0 N–H and O–H groups in total. The molecule has 48 heavy (non-hydrogen) atoms. The van der Waals surface area contributed by atoms with E-state index in [0.29, 0.717) is 11.6 Å². The Bertz CT molecular complexity index is 2230. The van der Waals surface area contributed by atoms with Crippen LogP contribution in [0.3, 0.4) is 0 Å². The molecule has 0 saturated heterocycles. The Morgan fingerprint density at radius 1 is 0.667 bits per heavy atom. The van der Waals surface area contributed by atoms with Crippen molar-refractivity contribution in [3.05, 3.63) is 150 Å². The molecule has 2 aliphatic heterocycles. The Balaban J connectivity index is 0.000000191. The number of nitrogens with zero attached hydrogens (tertiary/aromatic N) is 5. The Hall–Kier alpha value is -4.12. The van der Waals surface area contributed by atoms with Gasteiger partial charge in [-0.2, -0.15) is 0 Å². The van der Waals surface area contributed by atoms with Crippen molar-refractivity contribution in [2.75, 3.05) is 0 Å². The van der Waals surface area contributed by atoms with Crippen LogP contribution >= 0.6 is 6.04 Å². The number of hydrogen-bond donors (Lipinski definition) is 0. The molecule has 1 atom stereocenters. The van der Waals surface area contributed by atoms with E-state index < -0.39 is 6.04 Å². The van der Waals surface area contributed by atoms with Gasteiger partial charge in [0.1, 0.15) is 0 Å². The van der Waals surface area contributed by atoms with Crippen LogP contribution in [0, 0.1) is 6.07 Å². The van der Waals surface area contributed by atoms with Gasteiger partial charge in [-0.3, -0.25) is 0 Å². The zero-order valence-electron chi connectivity index (χ0n) is 27.0. The average molecular weight is 838 g/mol. The van der Waals surface area contributed by atoms with E-state index >= 15 is 0 Å². The van der Waals surface area contributed by atoms with Crippen LogP contribution in [0.15, 0.2) is 122 Å². The molecule has 0 bridgehead atoms. The van der Waals surface area contributed by atoms with Crippen molar-refractivity contribution in [3.63, 3.8) is 0 Å². The number of para-hydroxylation sites is 2. The Morgan fingerprint density at radius 2 is 1.27 bits per heavy atom. The maximum absolute atomic E-state index is 6.80. The van der Waals surface area contributed by atoms with Crippen LogP contribution in [-0.4, -0.2) is 19.9 Å². The van der Waals surface area contributed by atoms with Crippen LogP contribution in [0.2, 0.25) is 0 Å². The number of imidazole rings is 1. The first-order chi connectivity index (χ1) is 22.7. The molecule has 0 amide bonds. The third kappa shape index (κ3) is 4.95. The van der Waals surface area contributed by atoms with Gasteiger partial charge >= 0.3 is 0 Å². The largest absolute Gasteiger partial charge is 0.433 e. The van der Waals surface area contributed by atoms with E-state index in [2.05, 4.69) is 119 Å². The molecule has 0 saturated carbocycles. The smallest absolute Gasteiger partial charge is 0.150 e. The molecule has 2 aliphatic rings. The van der Waals surface area contributed by atoms with Crippen LogP contribution in [0.5, 0.6) is 0 Å². The van der Waals surface area contributed by atoms with E-state index in [0.717, 1.165) is 22.3 Å². The third-order valence-electron chi connectivity index (χ3n) is 9.53. The molecule has 1 unspecified atom stereocenters. The van der Waals surface area contributed by atoms with Crippen molar-refractivity contribution < 1.29 is 20.1 Å². The summed E-state index contributed by atoms with van der Waals surface area (Å²) in [5.41, 5.74) is 8.72. The van der Waals surface area contributed by atoms with Crippen molar-refractivity contribution in [3.8, 4) is 22.9 Å². The quantitative estimate of drug-likeness (QED) is 0.135. The summed E-state index contributed by atoms with van der Waals surface area (Å²) in [4.78, 5) is 21.6. The minimum absolute atomic E-state index is 0. The molecule has 3 aromatic heterocycles. The second-order valence-corrected chi connectivity index (χ2v) is 17.3. The third-order valence-corrected chi connectivity index (χ3v) is 14.5. The number of pyridine rings is 1. The van der Waals surface area contributed by atoms with E-state index in [9.17, 15) is 0 Å². The van der Waals surface area contributed by atoms with Gasteiger partial charge in [-0.05, 0) is 67.3 Å². The maximum Gasteiger partial charge on any atom is 0.150 e. The molecule has 5 heterocycles. The predicted molar refractivity (Wildman–Crippen MR) is 195 cm³/mol. The molecular formula is C40H32IrN5PS-2. The summed E-state index contributed by atoms with van der Waals surface area (Å²) < 4.78 is 0. The summed E-state index contributed by atoms with van der Waals surface area (Å²) >= 11 is 6.80. The van der Waals surface area contributed by atoms with Gasteiger partial charge < -0.3 is 15.0 Å². The number of benzene rings is 4. The van der Waals surface area contributed by atoms with Crippen LogP contribution in [0.4, 0.5) is 0 Å². The molecule has 0 fully saturated rings. The second kappa shape index (κ2) is 12.1. The van der Waals surface area contributed by atoms with Gasteiger partial charge in [-0.1, -0.05) is 130 Å². The minimum Gasteiger partial charge on any atom is -0.433 e. The van der Waals surface area contributed by atoms with Crippen molar-refractivity contribution in [2.45, 2.75) is 38.5 Å². The van der Waals surface area contributed by atoms with Crippen LogP contribution in [0.1, 0.15) is 49.9 Å². The van der Waals surface area contributed by atoms with Gasteiger partial charge in [0.2, 0.25) is 0 Å². The summed E-state index contributed by atoms with van der Waals surface area (Å²) in [5.74, 6) is 1.14. The Labute approximate surface area is 299 Å². The van der Waals surface area contributed by atoms with Crippen molar-refractivity contribution in [2.24, 2.45) is 0 Å². The average Bonchev–Trinajstić information content (AvgIpc) is 3.56. The Kier molecular flexibility index (Phi) is 8.17. The SMILES string of the molecule is CC1(C)c2[c-]c(-c3ccccn3)cc3c2P(=S)(c2ccccc21)c1ccccc1C3(C)C.[Ir].c1cnc(-c2nc3ccccc3[n-]2)nc1. The van der Waals surface area contributed by atoms with Crippen molar-refractivity contribution >= 4 is 44.8 Å². The fraction of sp³-hybridized carbons (Fsp3) is 0.150. The molecule has 239 valence electrons. The molecule has 1 radical (unpaired) electrons. The number of rotatable bonds is 2. The first-order valence-electron chi connectivity index (χ1n) is 15.7. The molecule has 0 spiro atoms. The fourth-order valence-corrected chi connectivity index (χ4v) is 12.7. The topological polar surface area (TPSA) is 65.7 Å². The van der Waals surface area contributed by atoms with Crippen molar-refractivity contribution in [1.29, 1.82) is 0 Å². The van der Waals surface area contributed by atoms with Gasteiger partial charge in [0.05, 0.1) is 0 Å². The van der Waals surface area contributed by atoms with Crippen LogP contribution in [-0.2, 0) is 42.7 Å². The summed E-state index contributed by atoms with van der Waals surface area (Å²) in [5, 5.41) is 4.05. The molecule has 8 heteroatoms. The number of fused-ring (bicyclic) bond motifs is 5. The van der Waals surface area contributed by atoms with E-state index in [1.165, 1.54) is 38.2 Å². The zero-order valence-corrected chi connectivity index (χ0v) is 31.1. The normalized spacial score (nSPS) is 17.5. The van der Waals surface area contributed by atoms with Gasteiger partial charge in [-0.25, -0.2) is 9.97 Å². The second-order valence-electron chi connectivity index (χ2n) is 13.0. The van der Waals surface area contributed by atoms with Crippen LogP contribution < -0.4 is 20.9 Å². The summed E-state index contributed by atoms with van der Waals surface area (Å²) in [7, 11) is 0. The predicted octanol–water partition coefficient (Wildman–Crippen LogP) is 7.23. The van der Waals surface area contributed by atoms with Gasteiger partial charge in [0, 0.05) is 44.7 Å². The zero-order chi connectivity index (χ0) is 32.4. The van der Waals surface area contributed by atoms with E-state index in [1.54, 1.807) is 18.5 Å². The fourth-order valence-electron chi connectivity index (χ4n) is 7.12. The van der Waals surface area contributed by atoms with E-state index in [4.69, 9.17) is 11.8 Å². The minimum atomic E-state index is -2.20. The Morgan fingerprint density at radius 3 is 1.94 bits per heavy atom. The molecule has 0 aliphatic carbocycles. The first-order valence-corrected chi connectivity index (χ1v) is 18.5. The standard InChI is InChI=1S/C29H25NPS.C11H7N4.Ir/c1-28(2)20-11-5-7-14-25(20)31(32)26-15-8-6-12-21(26)29(3,4)23-18-19(17-22(28)27(23)31)24-13-9-10-16-30-24;1-2-5-9-8(4-1)14-11(15-9)10-12-6-3-7-13-10;/h5-17H,1-4H3;1-7H;/q2*-1;. The number of aromatic nitrogens is 5. The van der Waals surface area contributed by atoms with E-state index in [-0.39, 0.29) is 30.9 Å². The molecule has 5 nitrogen and oxygen atoms in total. The number of hydrogen-bond acceptors (Lipinski definition) is 5. The summed E-state index contributed by atoms with van der Waals surface area (Å²) in [6.45, 7) is 9.34.